The van der Waals surface area contributed by atoms with Gasteiger partial charge in [0.1, 0.15) is 18.0 Å². The standard InChI is InChI=1S/C25H24ClNO4/c1-14-20(15(2)31-27-14)13-29-24-22(28)19-12-18(26)10-11-21(19)30-23(24)16-6-8-17(9-7-16)25(3,4)5/h6-12H,13H2,1-5H3. The van der Waals surface area contributed by atoms with Crippen LogP contribution in [0.15, 0.2) is 56.2 Å². The molecule has 0 amide bonds. The average molecular weight is 438 g/mol. The Bertz CT molecular complexity index is 1290. The minimum atomic E-state index is -0.273. The van der Waals surface area contributed by atoms with Crippen molar-refractivity contribution < 1.29 is 13.7 Å². The number of aryl methyl sites for hydroxylation is 2. The minimum absolute atomic E-state index is 0.0160. The summed E-state index contributed by atoms with van der Waals surface area (Å²) in [7, 11) is 0. The first kappa shape index (κ1) is 21.2. The zero-order valence-electron chi connectivity index (χ0n) is 18.2. The van der Waals surface area contributed by atoms with Crippen LogP contribution in [0.1, 0.15) is 43.4 Å². The molecule has 0 bridgehead atoms. The van der Waals surface area contributed by atoms with Gasteiger partial charge in [0.05, 0.1) is 16.6 Å². The van der Waals surface area contributed by atoms with Crippen molar-refractivity contribution in [3.8, 4) is 17.1 Å². The molecule has 31 heavy (non-hydrogen) atoms. The molecule has 0 aliphatic carbocycles. The number of halogens is 1. The first-order valence-corrected chi connectivity index (χ1v) is 10.4. The molecule has 0 fully saturated rings. The zero-order valence-corrected chi connectivity index (χ0v) is 19.0. The Labute approximate surface area is 185 Å². The van der Waals surface area contributed by atoms with Crippen molar-refractivity contribution in [2.45, 2.75) is 46.6 Å². The second kappa shape index (κ2) is 7.89. The molecule has 0 spiro atoms. The maximum Gasteiger partial charge on any atom is 0.235 e. The fourth-order valence-corrected chi connectivity index (χ4v) is 3.62. The second-order valence-corrected chi connectivity index (χ2v) is 9.09. The molecule has 0 atom stereocenters. The van der Waals surface area contributed by atoms with Crippen LogP contribution in [0.2, 0.25) is 5.02 Å². The van der Waals surface area contributed by atoms with E-state index < -0.39 is 0 Å². The van der Waals surface area contributed by atoms with Crippen molar-refractivity contribution in [2.75, 3.05) is 0 Å². The van der Waals surface area contributed by atoms with Gasteiger partial charge in [0.25, 0.3) is 0 Å². The first-order chi connectivity index (χ1) is 14.6. The van der Waals surface area contributed by atoms with E-state index in [9.17, 15) is 4.79 Å². The Morgan fingerprint density at radius 1 is 1.06 bits per heavy atom. The van der Waals surface area contributed by atoms with E-state index in [0.29, 0.717) is 27.5 Å². The minimum Gasteiger partial charge on any atom is -0.481 e. The monoisotopic (exact) mass is 437 g/mol. The van der Waals surface area contributed by atoms with Crippen molar-refractivity contribution in [3.05, 3.63) is 80.3 Å². The Kier molecular flexibility index (Phi) is 5.40. The lowest BCUT2D eigenvalue weighted by Crippen LogP contribution is -2.12. The summed E-state index contributed by atoms with van der Waals surface area (Å²) < 4.78 is 17.4. The molecular formula is C25H24ClNO4. The summed E-state index contributed by atoms with van der Waals surface area (Å²) in [5.41, 5.74) is 3.67. The van der Waals surface area contributed by atoms with E-state index in [-0.39, 0.29) is 23.2 Å². The van der Waals surface area contributed by atoms with Gasteiger partial charge in [-0.15, -0.1) is 0 Å². The molecule has 6 heteroatoms. The fraction of sp³-hybridized carbons (Fsp3) is 0.280. The molecule has 0 saturated carbocycles. The molecule has 2 aromatic carbocycles. The van der Waals surface area contributed by atoms with Crippen molar-refractivity contribution in [1.29, 1.82) is 0 Å². The van der Waals surface area contributed by atoms with E-state index in [2.05, 4.69) is 25.9 Å². The predicted octanol–water partition coefficient (Wildman–Crippen LogP) is 6.59. The lowest BCUT2D eigenvalue weighted by molar-refractivity contribution is 0.294. The summed E-state index contributed by atoms with van der Waals surface area (Å²) in [5, 5.41) is 4.78. The lowest BCUT2D eigenvalue weighted by atomic mass is 9.86. The number of rotatable bonds is 4. The summed E-state index contributed by atoms with van der Waals surface area (Å²) in [6.45, 7) is 10.3. The summed E-state index contributed by atoms with van der Waals surface area (Å²) in [5.74, 6) is 1.17. The molecule has 0 aliphatic heterocycles. The Hall–Kier alpha value is -3.05. The second-order valence-electron chi connectivity index (χ2n) is 8.65. The maximum atomic E-state index is 13.3. The van der Waals surface area contributed by atoms with E-state index in [4.69, 9.17) is 25.3 Å². The summed E-state index contributed by atoms with van der Waals surface area (Å²) >= 11 is 6.12. The first-order valence-electron chi connectivity index (χ1n) is 10.1. The van der Waals surface area contributed by atoms with Crippen LogP contribution < -0.4 is 10.2 Å². The van der Waals surface area contributed by atoms with Gasteiger partial charge in [-0.25, -0.2) is 0 Å². The highest BCUT2D eigenvalue weighted by atomic mass is 35.5. The van der Waals surface area contributed by atoms with Gasteiger partial charge < -0.3 is 13.7 Å². The van der Waals surface area contributed by atoms with Crippen LogP contribution in [0.4, 0.5) is 0 Å². The van der Waals surface area contributed by atoms with Gasteiger partial charge in [0, 0.05) is 10.6 Å². The van der Waals surface area contributed by atoms with Crippen LogP contribution in [0.3, 0.4) is 0 Å². The molecule has 0 saturated heterocycles. The third-order valence-corrected chi connectivity index (χ3v) is 5.60. The Morgan fingerprint density at radius 3 is 2.39 bits per heavy atom. The fourth-order valence-electron chi connectivity index (χ4n) is 3.45. The molecule has 5 nitrogen and oxygen atoms in total. The van der Waals surface area contributed by atoms with Crippen LogP contribution in [0.25, 0.3) is 22.3 Å². The van der Waals surface area contributed by atoms with Crippen LogP contribution in [-0.2, 0) is 12.0 Å². The van der Waals surface area contributed by atoms with E-state index in [1.807, 2.05) is 38.1 Å². The number of aromatic nitrogens is 1. The van der Waals surface area contributed by atoms with Crippen LogP contribution in [0.5, 0.6) is 5.75 Å². The van der Waals surface area contributed by atoms with Crippen LogP contribution in [-0.4, -0.2) is 5.16 Å². The number of fused-ring (bicyclic) bond motifs is 1. The topological polar surface area (TPSA) is 65.5 Å². The molecule has 4 aromatic rings. The molecule has 0 unspecified atom stereocenters. The van der Waals surface area contributed by atoms with Gasteiger partial charge in [-0.2, -0.15) is 0 Å². The SMILES string of the molecule is Cc1noc(C)c1COc1c(-c2ccc(C(C)(C)C)cc2)oc2ccc(Cl)cc2c1=O. The lowest BCUT2D eigenvalue weighted by Gasteiger charge is -2.19. The van der Waals surface area contributed by atoms with Crippen molar-refractivity contribution in [3.63, 3.8) is 0 Å². The van der Waals surface area contributed by atoms with E-state index in [1.165, 1.54) is 5.56 Å². The molecule has 0 aliphatic rings. The molecule has 0 radical (unpaired) electrons. The van der Waals surface area contributed by atoms with E-state index >= 15 is 0 Å². The summed E-state index contributed by atoms with van der Waals surface area (Å²) in [6.07, 6.45) is 0. The molecule has 2 aromatic heterocycles. The predicted molar refractivity (Wildman–Crippen MR) is 122 cm³/mol. The Balaban J connectivity index is 1.85. The number of hydrogen-bond donors (Lipinski definition) is 0. The highest BCUT2D eigenvalue weighted by molar-refractivity contribution is 6.31. The number of benzene rings is 2. The molecule has 4 rings (SSSR count). The maximum absolute atomic E-state index is 13.3. The number of nitrogens with zero attached hydrogens (tertiary/aromatic N) is 1. The van der Waals surface area contributed by atoms with E-state index in [0.717, 1.165) is 16.8 Å². The zero-order chi connectivity index (χ0) is 22.3. The number of hydrogen-bond acceptors (Lipinski definition) is 5. The molecule has 0 N–H and O–H groups in total. The third kappa shape index (κ3) is 4.10. The van der Waals surface area contributed by atoms with E-state index in [1.54, 1.807) is 18.2 Å². The Morgan fingerprint density at radius 2 is 1.77 bits per heavy atom. The normalized spacial score (nSPS) is 11.8. The van der Waals surface area contributed by atoms with Gasteiger partial charge >= 0.3 is 0 Å². The summed E-state index contributed by atoms with van der Waals surface area (Å²) in [4.78, 5) is 13.3. The summed E-state index contributed by atoms with van der Waals surface area (Å²) in [6, 6.07) is 13.0. The molecule has 2 heterocycles. The van der Waals surface area contributed by atoms with Crippen molar-refractivity contribution in [2.24, 2.45) is 0 Å². The van der Waals surface area contributed by atoms with Gasteiger partial charge in [-0.3, -0.25) is 4.79 Å². The van der Waals surface area contributed by atoms with Gasteiger partial charge in [0.2, 0.25) is 11.2 Å². The highest BCUT2D eigenvalue weighted by Crippen LogP contribution is 2.34. The quantitative estimate of drug-likeness (QED) is 0.360. The van der Waals surface area contributed by atoms with Crippen LogP contribution >= 0.6 is 11.6 Å². The smallest absolute Gasteiger partial charge is 0.235 e. The van der Waals surface area contributed by atoms with Crippen molar-refractivity contribution in [1.82, 2.24) is 5.16 Å². The largest absolute Gasteiger partial charge is 0.481 e. The molecule has 160 valence electrons. The average Bonchev–Trinajstić information content (AvgIpc) is 3.04. The third-order valence-electron chi connectivity index (χ3n) is 5.37. The van der Waals surface area contributed by atoms with Gasteiger partial charge in [-0.1, -0.05) is 61.8 Å². The molecular weight excluding hydrogens is 414 g/mol. The van der Waals surface area contributed by atoms with Crippen LogP contribution in [0, 0.1) is 13.8 Å². The van der Waals surface area contributed by atoms with Gasteiger partial charge in [-0.05, 0) is 43.0 Å². The highest BCUT2D eigenvalue weighted by Gasteiger charge is 2.21. The number of ether oxygens (including phenoxy) is 1. The van der Waals surface area contributed by atoms with Gasteiger partial charge in [0.15, 0.2) is 5.76 Å². The van der Waals surface area contributed by atoms with Crippen molar-refractivity contribution >= 4 is 22.6 Å².